The molecule has 0 saturated carbocycles. The van der Waals surface area contributed by atoms with Gasteiger partial charge in [-0.3, -0.25) is 4.98 Å². The SMILES string of the molecule is Nc1cnccc1-c1ccc(F)nc1. The first kappa shape index (κ1) is 8.62. The molecule has 2 heterocycles. The first-order valence-electron chi connectivity index (χ1n) is 4.09. The van der Waals surface area contributed by atoms with Crippen LogP contribution < -0.4 is 5.73 Å². The van der Waals surface area contributed by atoms with Crippen molar-refractivity contribution in [1.29, 1.82) is 0 Å². The number of halogens is 1. The van der Waals surface area contributed by atoms with Crippen molar-refractivity contribution in [2.75, 3.05) is 5.73 Å². The third-order valence-electron chi connectivity index (χ3n) is 1.89. The molecule has 0 aromatic carbocycles. The highest BCUT2D eigenvalue weighted by Gasteiger charge is 2.02. The molecule has 0 fully saturated rings. The summed E-state index contributed by atoms with van der Waals surface area (Å²) in [6, 6.07) is 4.70. The topological polar surface area (TPSA) is 51.8 Å². The Labute approximate surface area is 80.4 Å². The lowest BCUT2D eigenvalue weighted by Crippen LogP contribution is -1.91. The van der Waals surface area contributed by atoms with Gasteiger partial charge in [-0.1, -0.05) is 0 Å². The number of nitrogen functional groups attached to an aromatic ring is 1. The summed E-state index contributed by atoms with van der Waals surface area (Å²) in [7, 11) is 0. The molecule has 2 aromatic heterocycles. The summed E-state index contributed by atoms with van der Waals surface area (Å²) >= 11 is 0. The molecule has 0 aliphatic carbocycles. The Morgan fingerprint density at radius 1 is 1.14 bits per heavy atom. The number of nitrogens with zero attached hydrogens (tertiary/aromatic N) is 2. The van der Waals surface area contributed by atoms with Gasteiger partial charge in [0, 0.05) is 23.5 Å². The van der Waals surface area contributed by atoms with Gasteiger partial charge in [-0.25, -0.2) is 4.98 Å². The summed E-state index contributed by atoms with van der Waals surface area (Å²) in [5, 5.41) is 0. The summed E-state index contributed by atoms with van der Waals surface area (Å²) in [5.41, 5.74) is 7.86. The van der Waals surface area contributed by atoms with Crippen molar-refractivity contribution in [3.63, 3.8) is 0 Å². The van der Waals surface area contributed by atoms with Crippen LogP contribution in [0.5, 0.6) is 0 Å². The first-order chi connectivity index (χ1) is 6.77. The molecule has 14 heavy (non-hydrogen) atoms. The van der Waals surface area contributed by atoms with Crippen molar-refractivity contribution >= 4 is 5.69 Å². The molecule has 2 N–H and O–H groups in total. The molecular weight excluding hydrogens is 181 g/mol. The molecule has 0 unspecified atom stereocenters. The quantitative estimate of drug-likeness (QED) is 0.696. The normalized spacial score (nSPS) is 10.1. The lowest BCUT2D eigenvalue weighted by molar-refractivity contribution is 0.584. The summed E-state index contributed by atoms with van der Waals surface area (Å²) in [5.74, 6) is -0.499. The number of nitrogens with two attached hydrogens (primary N) is 1. The molecule has 0 bridgehead atoms. The minimum atomic E-state index is -0.499. The fourth-order valence-corrected chi connectivity index (χ4v) is 1.20. The van der Waals surface area contributed by atoms with Crippen LogP contribution in [-0.4, -0.2) is 9.97 Å². The summed E-state index contributed by atoms with van der Waals surface area (Å²) < 4.78 is 12.5. The number of rotatable bonds is 1. The molecule has 0 spiro atoms. The standard InChI is InChI=1S/C10H8FN3/c11-10-2-1-7(5-14-10)8-3-4-13-6-9(8)12/h1-6H,12H2. The fraction of sp³-hybridized carbons (Fsp3) is 0. The molecule has 3 nitrogen and oxygen atoms in total. The average Bonchev–Trinajstić information content (AvgIpc) is 2.20. The van der Waals surface area contributed by atoms with Crippen LogP contribution in [0.4, 0.5) is 10.1 Å². The number of hydrogen-bond donors (Lipinski definition) is 1. The highest BCUT2D eigenvalue weighted by atomic mass is 19.1. The Morgan fingerprint density at radius 3 is 2.64 bits per heavy atom. The third kappa shape index (κ3) is 1.54. The van der Waals surface area contributed by atoms with Gasteiger partial charge in [-0.15, -0.1) is 0 Å². The van der Waals surface area contributed by atoms with Crippen molar-refractivity contribution < 1.29 is 4.39 Å². The van der Waals surface area contributed by atoms with Crippen molar-refractivity contribution in [1.82, 2.24) is 9.97 Å². The number of aromatic nitrogens is 2. The van der Waals surface area contributed by atoms with Crippen LogP contribution in [0.15, 0.2) is 36.8 Å². The van der Waals surface area contributed by atoms with Crippen LogP contribution in [0.25, 0.3) is 11.1 Å². The van der Waals surface area contributed by atoms with E-state index < -0.39 is 5.95 Å². The lowest BCUT2D eigenvalue weighted by atomic mass is 10.1. The van der Waals surface area contributed by atoms with Crippen molar-refractivity contribution in [3.05, 3.63) is 42.7 Å². The fourth-order valence-electron chi connectivity index (χ4n) is 1.20. The Bertz CT molecular complexity index is 439. The van der Waals surface area contributed by atoms with E-state index in [1.165, 1.54) is 12.3 Å². The van der Waals surface area contributed by atoms with Crippen LogP contribution >= 0.6 is 0 Å². The molecule has 2 aromatic rings. The molecule has 0 aliphatic rings. The number of pyridine rings is 2. The highest BCUT2D eigenvalue weighted by molar-refractivity contribution is 5.74. The Kier molecular flexibility index (Phi) is 2.10. The van der Waals surface area contributed by atoms with Crippen LogP contribution in [0.2, 0.25) is 0 Å². The molecule has 70 valence electrons. The average molecular weight is 189 g/mol. The molecule has 4 heteroatoms. The van der Waals surface area contributed by atoms with E-state index in [1.807, 2.05) is 0 Å². The van der Waals surface area contributed by atoms with Crippen molar-refractivity contribution in [2.45, 2.75) is 0 Å². The summed E-state index contributed by atoms with van der Waals surface area (Å²) in [4.78, 5) is 7.42. The molecule has 2 rings (SSSR count). The van der Waals surface area contributed by atoms with Gasteiger partial charge < -0.3 is 5.73 Å². The summed E-state index contributed by atoms with van der Waals surface area (Å²) in [6.45, 7) is 0. The maximum absolute atomic E-state index is 12.5. The van der Waals surface area contributed by atoms with Gasteiger partial charge in [0.1, 0.15) is 0 Å². The van der Waals surface area contributed by atoms with E-state index in [4.69, 9.17) is 5.73 Å². The minimum absolute atomic E-state index is 0.499. The molecule has 0 amide bonds. The zero-order chi connectivity index (χ0) is 9.97. The number of hydrogen-bond acceptors (Lipinski definition) is 3. The predicted octanol–water partition coefficient (Wildman–Crippen LogP) is 1.86. The van der Waals surface area contributed by atoms with Crippen LogP contribution in [0.3, 0.4) is 0 Å². The molecule has 0 aliphatic heterocycles. The van der Waals surface area contributed by atoms with Gasteiger partial charge in [0.15, 0.2) is 0 Å². The van der Waals surface area contributed by atoms with Gasteiger partial charge in [0.25, 0.3) is 0 Å². The molecule has 0 radical (unpaired) electrons. The monoisotopic (exact) mass is 189 g/mol. The second kappa shape index (κ2) is 3.41. The van der Waals surface area contributed by atoms with E-state index in [1.54, 1.807) is 24.5 Å². The van der Waals surface area contributed by atoms with Gasteiger partial charge in [-0.05, 0) is 18.2 Å². The second-order valence-electron chi connectivity index (χ2n) is 2.83. The Hall–Kier alpha value is -1.97. The van der Waals surface area contributed by atoms with Crippen molar-refractivity contribution in [2.24, 2.45) is 0 Å². The molecule has 0 saturated heterocycles. The van der Waals surface area contributed by atoms with E-state index >= 15 is 0 Å². The second-order valence-corrected chi connectivity index (χ2v) is 2.83. The van der Waals surface area contributed by atoms with Gasteiger partial charge >= 0.3 is 0 Å². The van der Waals surface area contributed by atoms with E-state index in [2.05, 4.69) is 9.97 Å². The highest BCUT2D eigenvalue weighted by Crippen LogP contribution is 2.23. The van der Waals surface area contributed by atoms with Gasteiger partial charge in [0.2, 0.25) is 5.95 Å². The minimum Gasteiger partial charge on any atom is -0.397 e. The van der Waals surface area contributed by atoms with Crippen molar-refractivity contribution in [3.8, 4) is 11.1 Å². The summed E-state index contributed by atoms with van der Waals surface area (Å²) in [6.07, 6.45) is 4.63. The van der Waals surface area contributed by atoms with E-state index in [9.17, 15) is 4.39 Å². The molecule has 0 atom stereocenters. The Morgan fingerprint density at radius 2 is 2.00 bits per heavy atom. The van der Waals surface area contributed by atoms with E-state index in [0.29, 0.717) is 5.69 Å². The van der Waals surface area contributed by atoms with Gasteiger partial charge in [-0.2, -0.15) is 4.39 Å². The largest absolute Gasteiger partial charge is 0.397 e. The maximum Gasteiger partial charge on any atom is 0.212 e. The first-order valence-corrected chi connectivity index (χ1v) is 4.09. The van der Waals surface area contributed by atoms with Crippen LogP contribution in [-0.2, 0) is 0 Å². The maximum atomic E-state index is 12.5. The zero-order valence-corrected chi connectivity index (χ0v) is 7.31. The zero-order valence-electron chi connectivity index (χ0n) is 7.31. The third-order valence-corrected chi connectivity index (χ3v) is 1.89. The predicted molar refractivity (Wildman–Crippen MR) is 51.8 cm³/mol. The van der Waals surface area contributed by atoms with E-state index in [-0.39, 0.29) is 0 Å². The number of anilines is 1. The smallest absolute Gasteiger partial charge is 0.212 e. The Balaban J connectivity index is 2.50. The lowest BCUT2D eigenvalue weighted by Gasteiger charge is -2.03. The molecular formula is C10H8FN3. The van der Waals surface area contributed by atoms with E-state index in [0.717, 1.165) is 11.1 Å². The van der Waals surface area contributed by atoms with Crippen LogP contribution in [0.1, 0.15) is 0 Å². The van der Waals surface area contributed by atoms with Gasteiger partial charge in [0.05, 0.1) is 11.9 Å². The van der Waals surface area contributed by atoms with Crippen LogP contribution in [0, 0.1) is 5.95 Å².